The van der Waals surface area contributed by atoms with Crippen molar-refractivity contribution in [3.05, 3.63) is 23.4 Å². The minimum Gasteiger partial charge on any atom is -1.00 e. The molecule has 0 aliphatic heterocycles. The van der Waals surface area contributed by atoms with Crippen molar-refractivity contribution >= 4 is 8.07 Å². The van der Waals surface area contributed by atoms with Crippen molar-refractivity contribution in [2.45, 2.75) is 26.1 Å². The van der Waals surface area contributed by atoms with Gasteiger partial charge in [0, 0.05) is 0 Å². The van der Waals surface area contributed by atoms with E-state index in [9.17, 15) is 0 Å². The summed E-state index contributed by atoms with van der Waals surface area (Å²) in [6.07, 6.45) is 8.69. The summed E-state index contributed by atoms with van der Waals surface area (Å²) in [5.74, 6) is 0. The standard InChI is InChI=1S/C8H13Si.3ClH.Zr/c1-9(2,3)8-6-4-5-7-8;;;;/h6-7H,4H2,1-3H3;3*1H;/q-1;;;;+4/p-3. The molecular weight excluding hydrogens is 322 g/mol. The normalized spacial score (nSPS) is 12.7. The SMILES string of the molecule is C[Si](C)(C)C1=CC[C-]=C1.[Cl-].[Cl-].[Cl-].[Zr+4]. The van der Waals surface area contributed by atoms with Crippen molar-refractivity contribution in [3.63, 3.8) is 0 Å². The van der Waals surface area contributed by atoms with Gasteiger partial charge < -0.3 is 37.2 Å². The van der Waals surface area contributed by atoms with Gasteiger partial charge in [-0.15, -0.1) is 6.42 Å². The van der Waals surface area contributed by atoms with Gasteiger partial charge in [-0.3, -0.25) is 6.08 Å². The first-order valence-corrected chi connectivity index (χ1v) is 6.88. The van der Waals surface area contributed by atoms with Crippen LogP contribution in [0.5, 0.6) is 0 Å². The van der Waals surface area contributed by atoms with Crippen molar-refractivity contribution in [1.82, 2.24) is 0 Å². The molecule has 0 nitrogen and oxygen atoms in total. The minimum absolute atomic E-state index is 0. The Hall–Kier alpha value is 1.45. The number of allylic oxidation sites excluding steroid dienone is 4. The first-order chi connectivity index (χ1) is 4.11. The zero-order valence-electron chi connectivity index (χ0n) is 8.00. The van der Waals surface area contributed by atoms with E-state index in [1.54, 1.807) is 5.20 Å². The Morgan fingerprint density at radius 2 is 1.62 bits per heavy atom. The molecule has 0 aromatic heterocycles. The van der Waals surface area contributed by atoms with Gasteiger partial charge in [0.2, 0.25) is 0 Å². The van der Waals surface area contributed by atoms with E-state index in [2.05, 4.69) is 37.9 Å². The topological polar surface area (TPSA) is 0 Å². The molecule has 0 fully saturated rings. The van der Waals surface area contributed by atoms with Crippen LogP contribution in [-0.4, -0.2) is 8.07 Å². The quantitative estimate of drug-likeness (QED) is 0.330. The molecule has 5 heteroatoms. The second-order valence-corrected chi connectivity index (χ2v) is 8.54. The van der Waals surface area contributed by atoms with Gasteiger partial charge in [0.15, 0.2) is 0 Å². The van der Waals surface area contributed by atoms with E-state index in [1.165, 1.54) is 0 Å². The molecule has 1 rings (SSSR count). The van der Waals surface area contributed by atoms with E-state index in [1.807, 2.05) is 0 Å². The first-order valence-electron chi connectivity index (χ1n) is 3.38. The molecule has 13 heavy (non-hydrogen) atoms. The molecule has 0 amide bonds. The number of rotatable bonds is 1. The van der Waals surface area contributed by atoms with Gasteiger partial charge in [0.1, 0.15) is 0 Å². The minimum atomic E-state index is -0.981. The fourth-order valence-electron chi connectivity index (χ4n) is 0.919. The summed E-state index contributed by atoms with van der Waals surface area (Å²) in [6.45, 7) is 7.09. The van der Waals surface area contributed by atoms with E-state index in [-0.39, 0.29) is 63.4 Å². The number of hydrogen-bond donors (Lipinski definition) is 0. The molecule has 0 radical (unpaired) electrons. The van der Waals surface area contributed by atoms with Crippen molar-refractivity contribution in [1.29, 1.82) is 0 Å². The van der Waals surface area contributed by atoms with E-state index in [0.29, 0.717) is 0 Å². The van der Waals surface area contributed by atoms with Crippen LogP contribution in [0.15, 0.2) is 17.3 Å². The maximum Gasteiger partial charge on any atom is 4.00 e. The number of hydrogen-bond acceptors (Lipinski definition) is 0. The fourth-order valence-corrected chi connectivity index (χ4v) is 2.17. The fraction of sp³-hybridized carbons (Fsp3) is 0.500. The largest absolute Gasteiger partial charge is 4.00 e. The van der Waals surface area contributed by atoms with E-state index in [4.69, 9.17) is 0 Å². The predicted molar refractivity (Wildman–Crippen MR) is 43.9 cm³/mol. The third-order valence-corrected chi connectivity index (χ3v) is 3.64. The van der Waals surface area contributed by atoms with Crippen LogP contribution < -0.4 is 37.2 Å². The Morgan fingerprint density at radius 1 is 1.15 bits per heavy atom. The molecule has 0 saturated heterocycles. The Morgan fingerprint density at radius 3 is 1.77 bits per heavy atom. The Labute approximate surface area is 120 Å². The summed E-state index contributed by atoms with van der Waals surface area (Å²) in [7, 11) is -0.981. The molecule has 0 saturated carbocycles. The number of halogens is 3. The molecule has 0 aromatic rings. The van der Waals surface area contributed by atoms with E-state index < -0.39 is 8.07 Å². The van der Waals surface area contributed by atoms with E-state index >= 15 is 0 Å². The van der Waals surface area contributed by atoms with Gasteiger partial charge in [-0.25, -0.2) is 11.3 Å². The van der Waals surface area contributed by atoms with Crippen molar-refractivity contribution < 1.29 is 63.4 Å². The molecule has 0 atom stereocenters. The van der Waals surface area contributed by atoms with Gasteiger partial charge in [-0.1, -0.05) is 19.6 Å². The molecule has 0 heterocycles. The summed E-state index contributed by atoms with van der Waals surface area (Å²) in [5, 5.41) is 1.56. The van der Waals surface area contributed by atoms with Gasteiger partial charge >= 0.3 is 26.2 Å². The van der Waals surface area contributed by atoms with E-state index in [0.717, 1.165) is 6.42 Å². The van der Waals surface area contributed by atoms with Crippen molar-refractivity contribution in [2.24, 2.45) is 0 Å². The predicted octanol–water partition coefficient (Wildman–Crippen LogP) is -6.44. The third kappa shape index (κ3) is 8.44. The summed E-state index contributed by atoms with van der Waals surface area (Å²) in [6, 6.07) is 0. The van der Waals surface area contributed by atoms with Crippen LogP contribution in [-0.2, 0) is 26.2 Å². The Bertz CT molecular complexity index is 173. The third-order valence-electron chi connectivity index (χ3n) is 1.56. The molecule has 74 valence electrons. The molecular formula is C8H13Cl3SiZr. The first kappa shape index (κ1) is 23.9. The molecule has 0 unspecified atom stereocenters. The van der Waals surface area contributed by atoms with Gasteiger partial charge in [0.25, 0.3) is 0 Å². The Kier molecular flexibility index (Phi) is 18.4. The van der Waals surface area contributed by atoms with Gasteiger partial charge in [-0.05, 0) is 8.07 Å². The summed E-state index contributed by atoms with van der Waals surface area (Å²) < 4.78 is 0. The maximum atomic E-state index is 3.20. The smallest absolute Gasteiger partial charge is 1.00 e. The van der Waals surface area contributed by atoms with Crippen LogP contribution in [0.4, 0.5) is 0 Å². The average molecular weight is 335 g/mol. The summed E-state index contributed by atoms with van der Waals surface area (Å²) >= 11 is 0. The van der Waals surface area contributed by atoms with Gasteiger partial charge in [-0.2, -0.15) is 6.08 Å². The average Bonchev–Trinajstić information content (AvgIpc) is 2.08. The maximum absolute atomic E-state index is 3.20. The molecule has 1 aliphatic carbocycles. The summed E-state index contributed by atoms with van der Waals surface area (Å²) in [4.78, 5) is 0. The zero-order chi connectivity index (χ0) is 6.91. The molecule has 0 aromatic carbocycles. The van der Waals surface area contributed by atoms with Crippen molar-refractivity contribution in [2.75, 3.05) is 0 Å². The zero-order valence-corrected chi connectivity index (χ0v) is 13.7. The second kappa shape index (κ2) is 9.98. The van der Waals surface area contributed by atoms with Crippen LogP contribution in [0, 0.1) is 6.08 Å². The summed E-state index contributed by atoms with van der Waals surface area (Å²) in [5.41, 5.74) is 0. The van der Waals surface area contributed by atoms with Gasteiger partial charge in [0.05, 0.1) is 0 Å². The van der Waals surface area contributed by atoms with Crippen LogP contribution >= 0.6 is 0 Å². The molecule has 1 aliphatic rings. The van der Waals surface area contributed by atoms with Crippen LogP contribution in [0.2, 0.25) is 19.6 Å². The molecule has 0 N–H and O–H groups in total. The van der Waals surface area contributed by atoms with Crippen LogP contribution in [0.25, 0.3) is 0 Å². The molecule has 0 spiro atoms. The van der Waals surface area contributed by atoms with Crippen LogP contribution in [0.1, 0.15) is 6.42 Å². The Balaban J connectivity index is -0.000000101. The second-order valence-electron chi connectivity index (χ2n) is 3.46. The monoisotopic (exact) mass is 332 g/mol. The molecule has 0 bridgehead atoms. The van der Waals surface area contributed by atoms with Crippen LogP contribution in [0.3, 0.4) is 0 Å². The van der Waals surface area contributed by atoms with Crippen molar-refractivity contribution in [3.8, 4) is 0 Å².